The summed E-state index contributed by atoms with van der Waals surface area (Å²) in [5.41, 5.74) is 5.13. The number of ether oxygens (including phenoxy) is 1. The summed E-state index contributed by atoms with van der Waals surface area (Å²) in [5.74, 6) is 0.624. The molecule has 0 aliphatic rings. The molecule has 0 aliphatic heterocycles. The number of rotatable bonds is 5. The zero-order valence-corrected chi connectivity index (χ0v) is 13.7. The summed E-state index contributed by atoms with van der Waals surface area (Å²) in [6.07, 6.45) is 1.03. The van der Waals surface area contributed by atoms with Crippen molar-refractivity contribution in [1.82, 2.24) is 0 Å². The Morgan fingerprint density at radius 2 is 1.54 bits per heavy atom. The molecule has 3 aromatic rings. The maximum absolute atomic E-state index is 9.32. The van der Waals surface area contributed by atoms with Crippen molar-refractivity contribution in [2.24, 2.45) is 0 Å². The van der Waals surface area contributed by atoms with E-state index in [0.29, 0.717) is 17.9 Å². The van der Waals surface area contributed by atoms with E-state index in [9.17, 15) is 5.26 Å². The fraction of sp³-hybridized carbons (Fsp3) is 0.136. The first-order chi connectivity index (χ1) is 11.8. The van der Waals surface area contributed by atoms with Crippen LogP contribution in [0.25, 0.3) is 11.1 Å². The molecular weight excluding hydrogens is 294 g/mol. The van der Waals surface area contributed by atoms with Gasteiger partial charge >= 0.3 is 0 Å². The molecule has 0 heterocycles. The molecule has 3 aromatic carbocycles. The third kappa shape index (κ3) is 3.64. The summed E-state index contributed by atoms with van der Waals surface area (Å²) in [4.78, 5) is 0. The fourth-order valence-electron chi connectivity index (χ4n) is 2.58. The van der Waals surface area contributed by atoms with Gasteiger partial charge in [0.15, 0.2) is 0 Å². The standard InChI is InChI=1S/C22H19NO/c1-2-17-8-10-19(11-9-17)20-12-13-21(15-23)22(14-20)24-16-18-6-4-3-5-7-18/h3-14H,2,16H2,1H3. The molecule has 118 valence electrons. The summed E-state index contributed by atoms with van der Waals surface area (Å²) in [6, 6.07) is 26.4. The van der Waals surface area contributed by atoms with Crippen LogP contribution in [0, 0.1) is 11.3 Å². The number of nitrogens with zero attached hydrogens (tertiary/aromatic N) is 1. The highest BCUT2D eigenvalue weighted by Crippen LogP contribution is 2.28. The first-order valence-corrected chi connectivity index (χ1v) is 8.10. The van der Waals surface area contributed by atoms with Crippen LogP contribution in [-0.4, -0.2) is 0 Å². The molecule has 2 nitrogen and oxygen atoms in total. The van der Waals surface area contributed by atoms with Crippen molar-refractivity contribution in [3.8, 4) is 22.9 Å². The average Bonchev–Trinajstić information content (AvgIpc) is 2.67. The van der Waals surface area contributed by atoms with Crippen LogP contribution < -0.4 is 4.74 Å². The van der Waals surface area contributed by atoms with Crippen LogP contribution in [0.4, 0.5) is 0 Å². The summed E-state index contributed by atoms with van der Waals surface area (Å²) in [5, 5.41) is 9.32. The van der Waals surface area contributed by atoms with E-state index in [0.717, 1.165) is 23.1 Å². The Morgan fingerprint density at radius 1 is 0.833 bits per heavy atom. The van der Waals surface area contributed by atoms with Crippen molar-refractivity contribution in [3.63, 3.8) is 0 Å². The van der Waals surface area contributed by atoms with Crippen molar-refractivity contribution in [2.45, 2.75) is 20.0 Å². The number of aryl methyl sites for hydroxylation is 1. The van der Waals surface area contributed by atoms with Crippen LogP contribution in [0.1, 0.15) is 23.6 Å². The van der Waals surface area contributed by atoms with Crippen LogP contribution in [0.5, 0.6) is 5.75 Å². The summed E-state index contributed by atoms with van der Waals surface area (Å²) in [7, 11) is 0. The van der Waals surface area contributed by atoms with Gasteiger partial charge in [-0.2, -0.15) is 5.26 Å². The predicted molar refractivity (Wildman–Crippen MR) is 96.7 cm³/mol. The van der Waals surface area contributed by atoms with Crippen molar-refractivity contribution >= 4 is 0 Å². The third-order valence-corrected chi connectivity index (χ3v) is 4.03. The maximum Gasteiger partial charge on any atom is 0.138 e. The fourth-order valence-corrected chi connectivity index (χ4v) is 2.58. The quantitative estimate of drug-likeness (QED) is 0.634. The Hall–Kier alpha value is -3.05. The topological polar surface area (TPSA) is 33.0 Å². The van der Waals surface area contributed by atoms with Gasteiger partial charge in [0.1, 0.15) is 18.4 Å². The number of nitriles is 1. The summed E-state index contributed by atoms with van der Waals surface area (Å²) in [6.45, 7) is 2.60. The SMILES string of the molecule is CCc1ccc(-c2ccc(C#N)c(OCc3ccccc3)c2)cc1. The molecule has 0 saturated carbocycles. The first-order valence-electron chi connectivity index (χ1n) is 8.10. The van der Waals surface area contributed by atoms with Crippen molar-refractivity contribution in [1.29, 1.82) is 5.26 Å². The number of hydrogen-bond donors (Lipinski definition) is 0. The molecule has 0 bridgehead atoms. The maximum atomic E-state index is 9.32. The second kappa shape index (κ2) is 7.48. The van der Waals surface area contributed by atoms with E-state index in [4.69, 9.17) is 4.74 Å². The highest BCUT2D eigenvalue weighted by atomic mass is 16.5. The van der Waals surface area contributed by atoms with Crippen molar-refractivity contribution < 1.29 is 4.74 Å². The summed E-state index contributed by atoms with van der Waals surface area (Å²) >= 11 is 0. The number of benzene rings is 3. The minimum Gasteiger partial charge on any atom is -0.488 e. The minimum absolute atomic E-state index is 0.452. The molecule has 0 aliphatic carbocycles. The van der Waals surface area contributed by atoms with E-state index in [1.807, 2.05) is 48.5 Å². The monoisotopic (exact) mass is 313 g/mol. The van der Waals surface area contributed by atoms with Crippen LogP contribution >= 0.6 is 0 Å². The van der Waals surface area contributed by atoms with Gasteiger partial charge in [0.2, 0.25) is 0 Å². The molecule has 0 radical (unpaired) electrons. The van der Waals surface area contributed by atoms with Crippen LogP contribution in [-0.2, 0) is 13.0 Å². The van der Waals surface area contributed by atoms with Gasteiger partial charge in [-0.15, -0.1) is 0 Å². The van der Waals surface area contributed by atoms with E-state index in [2.05, 4.69) is 37.3 Å². The summed E-state index contributed by atoms with van der Waals surface area (Å²) < 4.78 is 5.90. The Kier molecular flexibility index (Phi) is 4.93. The smallest absolute Gasteiger partial charge is 0.138 e. The van der Waals surface area contributed by atoms with Gasteiger partial charge in [0.25, 0.3) is 0 Å². The Bertz CT molecular complexity index is 845. The zero-order valence-electron chi connectivity index (χ0n) is 13.7. The van der Waals surface area contributed by atoms with E-state index in [1.165, 1.54) is 5.56 Å². The Labute approximate surface area is 143 Å². The lowest BCUT2D eigenvalue weighted by Gasteiger charge is -2.10. The lowest BCUT2D eigenvalue weighted by molar-refractivity contribution is 0.305. The Morgan fingerprint density at radius 3 is 2.21 bits per heavy atom. The van der Waals surface area contributed by atoms with Gasteiger partial charge in [-0.1, -0.05) is 67.6 Å². The third-order valence-electron chi connectivity index (χ3n) is 4.03. The van der Waals surface area contributed by atoms with Crippen LogP contribution in [0.3, 0.4) is 0 Å². The largest absolute Gasteiger partial charge is 0.488 e. The Balaban J connectivity index is 1.86. The van der Waals surface area contributed by atoms with Crippen LogP contribution in [0.15, 0.2) is 72.8 Å². The lowest BCUT2D eigenvalue weighted by Crippen LogP contribution is -1.97. The second-order valence-electron chi connectivity index (χ2n) is 5.65. The van der Waals surface area contributed by atoms with E-state index < -0.39 is 0 Å². The molecule has 0 amide bonds. The molecule has 0 atom stereocenters. The van der Waals surface area contributed by atoms with E-state index in [-0.39, 0.29) is 0 Å². The zero-order chi connectivity index (χ0) is 16.8. The molecule has 0 saturated heterocycles. The molecule has 0 spiro atoms. The van der Waals surface area contributed by atoms with Gasteiger partial charge < -0.3 is 4.74 Å². The van der Waals surface area contributed by atoms with Gasteiger partial charge in [-0.25, -0.2) is 0 Å². The van der Waals surface area contributed by atoms with Gasteiger partial charge in [0.05, 0.1) is 5.56 Å². The lowest BCUT2D eigenvalue weighted by atomic mass is 10.0. The normalized spacial score (nSPS) is 10.2. The van der Waals surface area contributed by atoms with Gasteiger partial charge in [-0.3, -0.25) is 0 Å². The molecule has 0 aromatic heterocycles. The molecule has 3 rings (SSSR count). The second-order valence-corrected chi connectivity index (χ2v) is 5.65. The van der Waals surface area contributed by atoms with Crippen molar-refractivity contribution in [3.05, 3.63) is 89.5 Å². The highest BCUT2D eigenvalue weighted by molar-refractivity contribution is 5.67. The molecule has 24 heavy (non-hydrogen) atoms. The minimum atomic E-state index is 0.452. The van der Waals surface area contributed by atoms with Gasteiger partial charge in [-0.05, 0) is 40.8 Å². The average molecular weight is 313 g/mol. The van der Waals surface area contributed by atoms with Gasteiger partial charge in [0, 0.05) is 0 Å². The molecule has 2 heteroatoms. The van der Waals surface area contributed by atoms with Crippen LogP contribution in [0.2, 0.25) is 0 Å². The molecule has 0 N–H and O–H groups in total. The first kappa shape index (κ1) is 15.8. The molecule has 0 fully saturated rings. The number of hydrogen-bond acceptors (Lipinski definition) is 2. The molecule has 0 unspecified atom stereocenters. The highest BCUT2D eigenvalue weighted by Gasteiger charge is 2.07. The molecular formula is C22H19NO. The van der Waals surface area contributed by atoms with E-state index >= 15 is 0 Å². The predicted octanol–water partition coefficient (Wildman–Crippen LogP) is 5.37. The van der Waals surface area contributed by atoms with E-state index in [1.54, 1.807) is 0 Å². The van der Waals surface area contributed by atoms with Crippen molar-refractivity contribution in [2.75, 3.05) is 0 Å².